The molecule has 10 rings (SSSR count). The molecule has 480 valence electrons. The summed E-state index contributed by atoms with van der Waals surface area (Å²) in [5.41, 5.74) is -0.351. The summed E-state index contributed by atoms with van der Waals surface area (Å²) in [7, 11) is -7.42. The highest BCUT2D eigenvalue weighted by Crippen LogP contribution is 2.53. The fourth-order valence-corrected chi connectivity index (χ4v) is 15.0. The first-order valence-electron chi connectivity index (χ1n) is 29.2. The largest absolute Gasteiger partial charge is 0.478 e. The third kappa shape index (κ3) is 14.9. The number of pyridine rings is 2. The molecule has 2 aromatic heterocycles. The van der Waals surface area contributed by atoms with Crippen LogP contribution in [0, 0.1) is 23.5 Å². The van der Waals surface area contributed by atoms with E-state index in [9.17, 15) is 46.2 Å². The van der Waals surface area contributed by atoms with Gasteiger partial charge in [-0.3, -0.25) is 19.6 Å². The van der Waals surface area contributed by atoms with Crippen molar-refractivity contribution < 1.29 is 64.5 Å². The van der Waals surface area contributed by atoms with Gasteiger partial charge in [-0.05, 0) is 188 Å². The van der Waals surface area contributed by atoms with Gasteiger partial charge in [-0.1, -0.05) is 82.8 Å². The predicted octanol–water partition coefficient (Wildman–Crippen LogP) is 13.7. The van der Waals surface area contributed by atoms with Crippen LogP contribution >= 0.6 is 46.4 Å². The summed E-state index contributed by atoms with van der Waals surface area (Å²) in [4.78, 5) is 64.3. The molecule has 24 heteroatoms. The molecular weight excluding hydrogens is 1280 g/mol. The number of benzene rings is 4. The zero-order valence-corrected chi connectivity index (χ0v) is 55.3. The summed E-state index contributed by atoms with van der Waals surface area (Å²) in [6, 6.07) is 24.9. The van der Waals surface area contributed by atoms with Crippen molar-refractivity contribution in [1.29, 1.82) is 0 Å². The van der Waals surface area contributed by atoms with Gasteiger partial charge < -0.3 is 29.5 Å². The summed E-state index contributed by atoms with van der Waals surface area (Å²) in [6.07, 6.45) is 3.47. The van der Waals surface area contributed by atoms with Gasteiger partial charge in [0, 0.05) is 58.8 Å². The number of aromatic carboxylic acids is 2. The number of sulfone groups is 2. The number of morpholine rings is 2. The molecule has 8 atom stereocenters. The summed E-state index contributed by atoms with van der Waals surface area (Å²) >= 11 is 25.0. The van der Waals surface area contributed by atoms with Gasteiger partial charge in [-0.2, -0.15) is 0 Å². The predicted molar refractivity (Wildman–Crippen MR) is 339 cm³/mol. The smallest absolute Gasteiger partial charge is 0.337 e. The molecule has 2 saturated heterocycles. The molecule has 0 bridgehead atoms. The Labute approximate surface area is 543 Å². The molecule has 2 unspecified atom stereocenters. The Hall–Kier alpha value is -6.10. The van der Waals surface area contributed by atoms with Gasteiger partial charge in [-0.25, -0.2) is 35.2 Å². The number of nitrogens with zero attached hydrogens (tertiary/aromatic N) is 4. The second kappa shape index (κ2) is 26.1. The number of carboxylic acid groups (broad SMARTS) is 2. The normalized spacial score (nSPS) is 23.2. The number of hydrogen-bond acceptors (Lipinski definition) is 12. The van der Waals surface area contributed by atoms with Crippen molar-refractivity contribution in [3.63, 3.8) is 0 Å². The lowest BCUT2D eigenvalue weighted by atomic mass is 9.85. The second-order valence-electron chi connectivity index (χ2n) is 25.9. The van der Waals surface area contributed by atoms with E-state index in [1.54, 1.807) is 126 Å². The topological polar surface area (TPSA) is 228 Å². The first kappa shape index (κ1) is 68.3. The Bertz CT molecular complexity index is 3710. The Morgan fingerprint density at radius 1 is 0.567 bits per heavy atom. The minimum Gasteiger partial charge on any atom is -0.478 e. The average molecular weight is 1360 g/mol. The van der Waals surface area contributed by atoms with Gasteiger partial charge in [0.1, 0.15) is 23.8 Å². The average Bonchev–Trinajstić information content (AvgIpc) is 1.18. The first-order valence-corrected chi connectivity index (χ1v) is 34.1. The number of carbonyl (C=O) groups is 4. The van der Waals surface area contributed by atoms with E-state index in [0.717, 1.165) is 25.7 Å². The number of carboxylic acids is 2. The maximum absolute atomic E-state index is 15.0. The molecule has 2 amide bonds. The summed E-state index contributed by atoms with van der Waals surface area (Å²) < 4.78 is 96.1. The van der Waals surface area contributed by atoms with Crippen molar-refractivity contribution in [2.75, 3.05) is 11.5 Å². The van der Waals surface area contributed by atoms with Crippen molar-refractivity contribution in [2.45, 2.75) is 151 Å². The lowest BCUT2D eigenvalue weighted by Gasteiger charge is -2.52. The highest BCUT2D eigenvalue weighted by Gasteiger charge is 2.58. The lowest BCUT2D eigenvalue weighted by Crippen LogP contribution is -2.62. The van der Waals surface area contributed by atoms with Crippen LogP contribution in [0.3, 0.4) is 0 Å². The van der Waals surface area contributed by atoms with E-state index < -0.39 is 112 Å². The number of halogens is 6. The second-order valence-corrected chi connectivity index (χ2v) is 33.2. The number of carbonyl (C=O) groups excluding carboxylic acids is 2. The number of amides is 2. The summed E-state index contributed by atoms with van der Waals surface area (Å²) in [5, 5.41) is 19.3. The maximum Gasteiger partial charge on any atom is 0.337 e. The summed E-state index contributed by atoms with van der Waals surface area (Å²) in [5.74, 6) is -5.38. The SMILES string of the molecule is CC(C)(C)S(=O)(=O)C[C@H](C1CC1)N1C(=O)[C@@](C)(Cc2ccc(C(=O)O)cn2)O[C@H](c2cccc(Cl)c2)C1c1ccc(Cl)c(F)c1.CC(C)(C)S(=O)(=O)C[C@H](C1CC1)N1C(=O)[C@](C)(Cc2ccc(C(=O)O)cn2)O[C@H](c2cccc(Cl)c2)C1c1ccc(Cl)c(F)c1. The van der Waals surface area contributed by atoms with E-state index in [0.29, 0.717) is 43.7 Å². The molecule has 16 nitrogen and oxygen atoms in total. The molecule has 0 spiro atoms. The standard InChI is InChI=1S/2C33H35Cl2FN2O6S/c2*1-32(2,3)45(42,43)18-27(19-8-9-19)38-28(20-11-13-25(35)26(36)15-20)29(21-6-5-7-23(34)14-21)44-33(4,31(38)41)16-24-12-10-22(17-37-24)30(39)40/h2*5-7,10-15,17,19,27-29H,8-9,16,18H2,1-4H3,(H,39,40)/t27-,28?,29-,33+;27-,28?,29-,33-/m11/s1. The molecule has 2 aliphatic heterocycles. The maximum atomic E-state index is 15.0. The molecule has 2 aliphatic carbocycles. The van der Waals surface area contributed by atoms with Crippen molar-refractivity contribution in [2.24, 2.45) is 11.8 Å². The quantitative estimate of drug-likeness (QED) is 0.0816. The fraction of sp³-hybridized carbons (Fsp3) is 0.424. The van der Waals surface area contributed by atoms with E-state index >= 15 is 8.78 Å². The van der Waals surface area contributed by atoms with Gasteiger partial charge in [0.15, 0.2) is 30.9 Å². The van der Waals surface area contributed by atoms with Crippen LogP contribution in [0.5, 0.6) is 0 Å². The zero-order chi connectivity index (χ0) is 65.8. The Morgan fingerprint density at radius 2 is 0.922 bits per heavy atom. The van der Waals surface area contributed by atoms with Crippen LogP contribution in [0.1, 0.15) is 160 Å². The molecule has 4 heterocycles. The first-order chi connectivity index (χ1) is 42.0. The van der Waals surface area contributed by atoms with Crippen LogP contribution in [0.15, 0.2) is 122 Å². The molecular formula is C66H70Cl4F2N4O12S2. The molecule has 6 aromatic rings. The van der Waals surface area contributed by atoms with Gasteiger partial charge in [-0.15, -0.1) is 0 Å². The Kier molecular flexibility index (Phi) is 19.8. The molecule has 4 aliphatic rings. The van der Waals surface area contributed by atoms with Crippen molar-refractivity contribution >= 4 is 89.8 Å². The number of aromatic nitrogens is 2. The van der Waals surface area contributed by atoms with Crippen LogP contribution in [0.4, 0.5) is 8.78 Å². The van der Waals surface area contributed by atoms with E-state index in [1.807, 2.05) is 0 Å². The Balaban J connectivity index is 0.000000213. The van der Waals surface area contributed by atoms with Crippen molar-refractivity contribution in [3.05, 3.63) is 198 Å². The summed E-state index contributed by atoms with van der Waals surface area (Å²) in [6.45, 7) is 13.0. The minimum absolute atomic E-state index is 0.00997. The highest BCUT2D eigenvalue weighted by molar-refractivity contribution is 7.93. The van der Waals surface area contributed by atoms with Crippen LogP contribution in [0.25, 0.3) is 0 Å². The van der Waals surface area contributed by atoms with Crippen LogP contribution < -0.4 is 0 Å². The molecule has 90 heavy (non-hydrogen) atoms. The monoisotopic (exact) mass is 1350 g/mol. The highest BCUT2D eigenvalue weighted by atomic mass is 35.5. The number of rotatable bonds is 18. The van der Waals surface area contributed by atoms with E-state index in [4.69, 9.17) is 55.9 Å². The third-order valence-electron chi connectivity index (χ3n) is 17.1. The molecule has 4 aromatic carbocycles. The van der Waals surface area contributed by atoms with Crippen LogP contribution in [-0.4, -0.2) is 115 Å². The number of ether oxygens (including phenoxy) is 2. The van der Waals surface area contributed by atoms with Crippen LogP contribution in [0.2, 0.25) is 20.1 Å². The molecule has 2 N–H and O–H groups in total. The fourth-order valence-electron chi connectivity index (χ4n) is 11.6. The number of hydrogen-bond donors (Lipinski definition) is 2. The van der Waals surface area contributed by atoms with Gasteiger partial charge in [0.25, 0.3) is 11.8 Å². The lowest BCUT2D eigenvalue weighted by molar-refractivity contribution is -0.203. The minimum atomic E-state index is -3.71. The van der Waals surface area contributed by atoms with Crippen LogP contribution in [-0.2, 0) is 51.6 Å². The van der Waals surface area contributed by atoms with E-state index in [2.05, 4.69) is 9.97 Å². The third-order valence-corrected chi connectivity index (χ3v) is 23.5. The van der Waals surface area contributed by atoms with Crippen molar-refractivity contribution in [3.8, 4) is 0 Å². The molecule has 4 fully saturated rings. The Morgan fingerprint density at radius 3 is 1.20 bits per heavy atom. The van der Waals surface area contributed by atoms with E-state index in [-0.39, 0.29) is 57.4 Å². The van der Waals surface area contributed by atoms with Crippen molar-refractivity contribution in [1.82, 2.24) is 19.8 Å². The van der Waals surface area contributed by atoms with Gasteiger partial charge in [0.2, 0.25) is 0 Å². The molecule has 2 saturated carbocycles. The van der Waals surface area contributed by atoms with Gasteiger partial charge >= 0.3 is 11.9 Å². The van der Waals surface area contributed by atoms with Gasteiger partial charge in [0.05, 0.1) is 54.3 Å². The zero-order valence-electron chi connectivity index (χ0n) is 50.7. The van der Waals surface area contributed by atoms with E-state index in [1.165, 1.54) is 60.9 Å². The molecule has 0 radical (unpaired) electrons.